The van der Waals surface area contributed by atoms with E-state index >= 15 is 0 Å². The van der Waals surface area contributed by atoms with Gasteiger partial charge in [-0.05, 0) is 31.6 Å². The van der Waals surface area contributed by atoms with E-state index in [1.807, 2.05) is 6.92 Å². The summed E-state index contributed by atoms with van der Waals surface area (Å²) in [5, 5.41) is 0. The fourth-order valence-corrected chi connectivity index (χ4v) is 2.13. The molecule has 0 saturated carbocycles. The average molecular weight is 244 g/mol. The molecule has 102 valence electrons. The summed E-state index contributed by atoms with van der Waals surface area (Å²) < 4.78 is 10.4. The van der Waals surface area contributed by atoms with Crippen molar-refractivity contribution in [3.63, 3.8) is 0 Å². The Labute approximate surface area is 106 Å². The van der Waals surface area contributed by atoms with Crippen molar-refractivity contribution in [1.82, 2.24) is 0 Å². The molecule has 0 rings (SSSR count). The van der Waals surface area contributed by atoms with Crippen molar-refractivity contribution in [2.45, 2.75) is 53.9 Å². The molecule has 0 radical (unpaired) electrons. The largest absolute Gasteiger partial charge is 0.463 e. The summed E-state index contributed by atoms with van der Waals surface area (Å²) in [6, 6.07) is 0. The van der Waals surface area contributed by atoms with E-state index in [1.54, 1.807) is 0 Å². The predicted octanol–water partition coefficient (Wildman–Crippen LogP) is 3.42. The van der Waals surface area contributed by atoms with Gasteiger partial charge in [-0.25, -0.2) is 0 Å². The highest BCUT2D eigenvalue weighted by Crippen LogP contribution is 2.37. The maximum atomic E-state index is 12.0. The minimum Gasteiger partial charge on any atom is -0.463 e. The molecule has 3 nitrogen and oxygen atoms in total. The van der Waals surface area contributed by atoms with Gasteiger partial charge in [-0.1, -0.05) is 27.7 Å². The lowest BCUT2D eigenvalue weighted by atomic mass is 9.72. The summed E-state index contributed by atoms with van der Waals surface area (Å²) in [6.07, 6.45) is 2.84. The van der Waals surface area contributed by atoms with Crippen LogP contribution in [-0.4, -0.2) is 25.8 Å². The minimum absolute atomic E-state index is 0.000809. The number of carbonyl (C=O) groups excluding carboxylic acids is 1. The molecular formula is C14H28O3. The SMILES string of the molecule is CCOCCOC(=O)C(CC)C(C)(CC)CC. The van der Waals surface area contributed by atoms with E-state index in [0.29, 0.717) is 19.8 Å². The van der Waals surface area contributed by atoms with Crippen LogP contribution < -0.4 is 0 Å². The monoisotopic (exact) mass is 244 g/mol. The molecule has 0 amide bonds. The van der Waals surface area contributed by atoms with Gasteiger partial charge < -0.3 is 9.47 Å². The fourth-order valence-electron chi connectivity index (χ4n) is 2.13. The highest BCUT2D eigenvalue weighted by Gasteiger charge is 2.35. The molecule has 0 aliphatic carbocycles. The Bertz CT molecular complexity index is 210. The zero-order chi connectivity index (χ0) is 13.3. The molecule has 0 saturated heterocycles. The number of hydrogen-bond acceptors (Lipinski definition) is 3. The summed E-state index contributed by atoms with van der Waals surface area (Å²) in [5.41, 5.74) is 0.0530. The normalized spacial score (nSPS) is 13.5. The van der Waals surface area contributed by atoms with Crippen molar-refractivity contribution in [3.8, 4) is 0 Å². The molecule has 0 N–H and O–H groups in total. The topological polar surface area (TPSA) is 35.5 Å². The van der Waals surface area contributed by atoms with E-state index in [2.05, 4.69) is 27.7 Å². The summed E-state index contributed by atoms with van der Waals surface area (Å²) in [4.78, 5) is 12.0. The number of hydrogen-bond donors (Lipinski definition) is 0. The molecule has 0 aromatic heterocycles. The highest BCUT2D eigenvalue weighted by molar-refractivity contribution is 5.73. The molecule has 0 aliphatic rings. The zero-order valence-electron chi connectivity index (χ0n) is 12.0. The van der Waals surface area contributed by atoms with Crippen LogP contribution in [-0.2, 0) is 14.3 Å². The second kappa shape index (κ2) is 8.51. The van der Waals surface area contributed by atoms with Crippen molar-refractivity contribution in [3.05, 3.63) is 0 Å². The van der Waals surface area contributed by atoms with Crippen LogP contribution in [0.4, 0.5) is 0 Å². The van der Waals surface area contributed by atoms with E-state index < -0.39 is 0 Å². The first kappa shape index (κ1) is 16.4. The smallest absolute Gasteiger partial charge is 0.309 e. The number of esters is 1. The zero-order valence-corrected chi connectivity index (χ0v) is 12.0. The second-order valence-corrected chi connectivity index (χ2v) is 4.69. The van der Waals surface area contributed by atoms with E-state index in [1.165, 1.54) is 0 Å². The lowest BCUT2D eigenvalue weighted by molar-refractivity contribution is -0.155. The van der Waals surface area contributed by atoms with Crippen molar-refractivity contribution in [2.75, 3.05) is 19.8 Å². The quantitative estimate of drug-likeness (QED) is 0.460. The lowest BCUT2D eigenvalue weighted by Crippen LogP contribution is -2.34. The Morgan fingerprint density at radius 1 is 1.12 bits per heavy atom. The Hall–Kier alpha value is -0.570. The van der Waals surface area contributed by atoms with Gasteiger partial charge in [0, 0.05) is 6.61 Å². The summed E-state index contributed by atoms with van der Waals surface area (Å²) >= 11 is 0. The van der Waals surface area contributed by atoms with Crippen molar-refractivity contribution in [1.29, 1.82) is 0 Å². The molecular weight excluding hydrogens is 216 g/mol. The Balaban J connectivity index is 4.30. The molecule has 0 bridgehead atoms. The highest BCUT2D eigenvalue weighted by atomic mass is 16.6. The van der Waals surface area contributed by atoms with E-state index in [-0.39, 0.29) is 17.3 Å². The Kier molecular flexibility index (Phi) is 8.23. The third kappa shape index (κ3) is 5.07. The molecule has 0 spiro atoms. The first-order valence-electron chi connectivity index (χ1n) is 6.80. The summed E-state index contributed by atoms with van der Waals surface area (Å²) in [7, 11) is 0. The van der Waals surface area contributed by atoms with Crippen LogP contribution in [0.15, 0.2) is 0 Å². The van der Waals surface area contributed by atoms with E-state index in [0.717, 1.165) is 19.3 Å². The van der Waals surface area contributed by atoms with Gasteiger partial charge in [-0.2, -0.15) is 0 Å². The molecule has 0 heterocycles. The minimum atomic E-state index is -0.0709. The second-order valence-electron chi connectivity index (χ2n) is 4.69. The Morgan fingerprint density at radius 2 is 1.71 bits per heavy atom. The van der Waals surface area contributed by atoms with Gasteiger partial charge in [-0.15, -0.1) is 0 Å². The molecule has 17 heavy (non-hydrogen) atoms. The van der Waals surface area contributed by atoms with Gasteiger partial charge in [0.25, 0.3) is 0 Å². The van der Waals surface area contributed by atoms with Gasteiger partial charge in [0.1, 0.15) is 6.61 Å². The van der Waals surface area contributed by atoms with Gasteiger partial charge in [-0.3, -0.25) is 4.79 Å². The van der Waals surface area contributed by atoms with Crippen LogP contribution in [0.1, 0.15) is 53.9 Å². The number of rotatable bonds is 9. The summed E-state index contributed by atoms with van der Waals surface area (Å²) in [5.74, 6) is -0.0717. The van der Waals surface area contributed by atoms with Crippen LogP contribution in [0.25, 0.3) is 0 Å². The van der Waals surface area contributed by atoms with E-state index in [9.17, 15) is 4.79 Å². The number of carbonyl (C=O) groups is 1. The molecule has 1 atom stereocenters. The fraction of sp³-hybridized carbons (Fsp3) is 0.929. The van der Waals surface area contributed by atoms with Crippen molar-refractivity contribution < 1.29 is 14.3 Å². The number of ether oxygens (including phenoxy) is 2. The van der Waals surface area contributed by atoms with Crippen molar-refractivity contribution >= 4 is 5.97 Å². The first-order valence-corrected chi connectivity index (χ1v) is 6.80. The third-order valence-electron chi connectivity index (χ3n) is 3.83. The van der Waals surface area contributed by atoms with Crippen LogP contribution in [0.3, 0.4) is 0 Å². The molecule has 0 fully saturated rings. The molecule has 0 aromatic rings. The van der Waals surface area contributed by atoms with Crippen LogP contribution >= 0.6 is 0 Å². The summed E-state index contributed by atoms with van der Waals surface area (Å²) in [6.45, 7) is 12.0. The van der Waals surface area contributed by atoms with Crippen molar-refractivity contribution in [2.24, 2.45) is 11.3 Å². The standard InChI is InChI=1S/C14H28O3/c1-6-12(14(5,7-2)8-3)13(15)17-11-10-16-9-4/h12H,6-11H2,1-5H3. The van der Waals surface area contributed by atoms with Crippen LogP contribution in [0.2, 0.25) is 0 Å². The molecule has 1 unspecified atom stereocenters. The third-order valence-corrected chi connectivity index (χ3v) is 3.83. The van der Waals surface area contributed by atoms with Crippen LogP contribution in [0, 0.1) is 11.3 Å². The first-order chi connectivity index (χ1) is 8.05. The molecule has 0 aromatic carbocycles. The lowest BCUT2D eigenvalue weighted by Gasteiger charge is -2.34. The Morgan fingerprint density at radius 3 is 2.12 bits per heavy atom. The van der Waals surface area contributed by atoms with Gasteiger partial charge >= 0.3 is 5.97 Å². The maximum absolute atomic E-state index is 12.0. The van der Waals surface area contributed by atoms with E-state index in [4.69, 9.17) is 9.47 Å². The molecule has 3 heteroatoms. The average Bonchev–Trinajstić information content (AvgIpc) is 2.35. The molecule has 0 aliphatic heterocycles. The van der Waals surface area contributed by atoms with Gasteiger partial charge in [0.05, 0.1) is 12.5 Å². The van der Waals surface area contributed by atoms with Gasteiger partial charge in [0.2, 0.25) is 0 Å². The van der Waals surface area contributed by atoms with Gasteiger partial charge in [0.15, 0.2) is 0 Å². The van der Waals surface area contributed by atoms with Crippen LogP contribution in [0.5, 0.6) is 0 Å². The maximum Gasteiger partial charge on any atom is 0.309 e. The predicted molar refractivity (Wildman–Crippen MR) is 69.9 cm³/mol.